The van der Waals surface area contributed by atoms with Crippen molar-refractivity contribution in [1.29, 1.82) is 0 Å². The molecule has 0 aromatic heterocycles. The molecule has 0 radical (unpaired) electrons. The first-order chi connectivity index (χ1) is 15.0. The molecule has 0 unspecified atom stereocenters. The number of morpholine rings is 1. The molecule has 1 amide bonds. The molecule has 1 saturated heterocycles. The van der Waals surface area contributed by atoms with Gasteiger partial charge in [0.15, 0.2) is 0 Å². The molecular formula is C21H24F3N3O4S. The Labute approximate surface area is 184 Å². The summed E-state index contributed by atoms with van der Waals surface area (Å²) in [6.45, 7) is 2.45. The summed E-state index contributed by atoms with van der Waals surface area (Å²) in [7, 11) is -3.99. The highest BCUT2D eigenvalue weighted by Crippen LogP contribution is 2.32. The van der Waals surface area contributed by atoms with Gasteiger partial charge in [0.05, 0.1) is 30.7 Å². The number of hydrogen-bond acceptors (Lipinski definition) is 5. The first-order valence-electron chi connectivity index (χ1n) is 9.87. The Bertz CT molecular complexity index is 1040. The van der Waals surface area contributed by atoms with E-state index in [9.17, 15) is 26.4 Å². The van der Waals surface area contributed by atoms with Gasteiger partial charge in [0.1, 0.15) is 6.54 Å². The van der Waals surface area contributed by atoms with Gasteiger partial charge in [0.25, 0.3) is 0 Å². The van der Waals surface area contributed by atoms with E-state index < -0.39 is 34.2 Å². The summed E-state index contributed by atoms with van der Waals surface area (Å²) in [5.74, 6) is -0.634. The third kappa shape index (κ3) is 6.36. The summed E-state index contributed by atoms with van der Waals surface area (Å²) in [4.78, 5) is 14.6. The molecule has 11 heteroatoms. The van der Waals surface area contributed by atoms with Crippen LogP contribution < -0.4 is 14.5 Å². The van der Waals surface area contributed by atoms with E-state index in [1.54, 1.807) is 0 Å². The van der Waals surface area contributed by atoms with Crippen LogP contribution >= 0.6 is 0 Å². The van der Waals surface area contributed by atoms with Gasteiger partial charge in [-0.25, -0.2) is 8.42 Å². The molecule has 2 aromatic carbocycles. The fraction of sp³-hybridized carbons (Fsp3) is 0.381. The van der Waals surface area contributed by atoms with E-state index in [-0.39, 0.29) is 12.2 Å². The van der Waals surface area contributed by atoms with Crippen molar-refractivity contribution in [3.8, 4) is 0 Å². The van der Waals surface area contributed by atoms with Gasteiger partial charge in [0, 0.05) is 25.3 Å². The normalized spacial score (nSPS) is 14.8. The second-order valence-corrected chi connectivity index (χ2v) is 9.27. The van der Waals surface area contributed by atoms with Crippen molar-refractivity contribution >= 4 is 27.3 Å². The van der Waals surface area contributed by atoms with Crippen LogP contribution in [0.3, 0.4) is 0 Å². The van der Waals surface area contributed by atoms with Gasteiger partial charge in [0.2, 0.25) is 15.9 Å². The van der Waals surface area contributed by atoms with Crippen LogP contribution in [0.25, 0.3) is 0 Å². The standard InChI is InChI=1S/C21H24F3N3O4S/c1-32(29,30)27(19-4-2-3-17(13-19)21(22,23)24)15-20(28)25-14-16-5-7-18(8-6-16)26-9-11-31-12-10-26/h2-8,13H,9-12,14-15H2,1H3,(H,25,28). The highest BCUT2D eigenvalue weighted by Gasteiger charge is 2.32. The fourth-order valence-corrected chi connectivity index (χ4v) is 4.12. The SMILES string of the molecule is CS(=O)(=O)N(CC(=O)NCc1ccc(N2CCOCC2)cc1)c1cccc(C(F)(F)F)c1. The lowest BCUT2D eigenvalue weighted by Crippen LogP contribution is -2.40. The Morgan fingerprint density at radius 3 is 2.38 bits per heavy atom. The summed E-state index contributed by atoms with van der Waals surface area (Å²) in [6.07, 6.45) is -3.79. The van der Waals surface area contributed by atoms with Crippen molar-refractivity contribution in [2.45, 2.75) is 12.7 Å². The predicted octanol–water partition coefficient (Wildman–Crippen LogP) is 2.62. The Morgan fingerprint density at radius 1 is 1.12 bits per heavy atom. The van der Waals surface area contributed by atoms with Crippen LogP contribution in [-0.2, 0) is 32.3 Å². The van der Waals surface area contributed by atoms with Crippen LogP contribution in [0, 0.1) is 0 Å². The first kappa shape index (κ1) is 23.9. The Hall–Kier alpha value is -2.79. The lowest BCUT2D eigenvalue weighted by atomic mass is 10.2. The number of amides is 1. The van der Waals surface area contributed by atoms with Gasteiger partial charge >= 0.3 is 6.18 Å². The average molecular weight is 472 g/mol. The van der Waals surface area contributed by atoms with Crippen molar-refractivity contribution in [1.82, 2.24) is 5.32 Å². The number of nitrogens with one attached hydrogen (secondary N) is 1. The van der Waals surface area contributed by atoms with E-state index >= 15 is 0 Å². The number of hydrogen-bond donors (Lipinski definition) is 1. The number of ether oxygens (including phenoxy) is 1. The Balaban J connectivity index is 1.64. The number of nitrogens with zero attached hydrogens (tertiary/aromatic N) is 2. The lowest BCUT2D eigenvalue weighted by Gasteiger charge is -2.29. The van der Waals surface area contributed by atoms with E-state index in [1.165, 1.54) is 6.07 Å². The lowest BCUT2D eigenvalue weighted by molar-refractivity contribution is -0.137. The molecule has 0 aliphatic carbocycles. The van der Waals surface area contributed by atoms with Crippen LogP contribution in [-0.4, -0.2) is 53.4 Å². The van der Waals surface area contributed by atoms with E-state index in [2.05, 4.69) is 10.2 Å². The number of anilines is 2. The van der Waals surface area contributed by atoms with E-state index in [0.717, 1.165) is 42.7 Å². The zero-order valence-corrected chi connectivity index (χ0v) is 18.2. The van der Waals surface area contributed by atoms with Crippen molar-refractivity contribution in [2.75, 3.05) is 48.3 Å². The van der Waals surface area contributed by atoms with Gasteiger partial charge < -0.3 is 15.0 Å². The number of carbonyl (C=O) groups excluding carboxylic acids is 1. The molecule has 2 aromatic rings. The second-order valence-electron chi connectivity index (χ2n) is 7.36. The topological polar surface area (TPSA) is 79.0 Å². The summed E-state index contributed by atoms with van der Waals surface area (Å²) in [5, 5.41) is 2.61. The highest BCUT2D eigenvalue weighted by atomic mass is 32.2. The summed E-state index contributed by atoms with van der Waals surface area (Å²) >= 11 is 0. The monoisotopic (exact) mass is 471 g/mol. The van der Waals surface area contributed by atoms with Crippen LogP contribution in [0.15, 0.2) is 48.5 Å². The minimum atomic E-state index is -4.63. The largest absolute Gasteiger partial charge is 0.416 e. The number of alkyl halides is 3. The van der Waals surface area contributed by atoms with Crippen molar-refractivity contribution in [3.05, 3.63) is 59.7 Å². The zero-order chi connectivity index (χ0) is 23.4. The first-order valence-corrected chi connectivity index (χ1v) is 11.7. The summed E-state index contributed by atoms with van der Waals surface area (Å²) in [5.41, 5.74) is 0.619. The molecule has 1 aliphatic rings. The molecule has 32 heavy (non-hydrogen) atoms. The molecule has 7 nitrogen and oxygen atoms in total. The van der Waals surface area contributed by atoms with E-state index in [4.69, 9.17) is 4.74 Å². The predicted molar refractivity (Wildman–Crippen MR) is 115 cm³/mol. The molecule has 1 N–H and O–H groups in total. The van der Waals surface area contributed by atoms with Crippen molar-refractivity contribution in [2.24, 2.45) is 0 Å². The van der Waals surface area contributed by atoms with Crippen LogP contribution in [0.5, 0.6) is 0 Å². The molecule has 1 fully saturated rings. The minimum absolute atomic E-state index is 0.155. The maximum absolute atomic E-state index is 13.0. The van der Waals surface area contributed by atoms with E-state index in [0.29, 0.717) is 23.6 Å². The molecule has 174 valence electrons. The third-order valence-corrected chi connectivity index (χ3v) is 6.09. The van der Waals surface area contributed by atoms with Crippen molar-refractivity contribution < 1.29 is 31.1 Å². The summed E-state index contributed by atoms with van der Waals surface area (Å²) in [6, 6.07) is 11.4. The van der Waals surface area contributed by atoms with Crippen LogP contribution in [0.2, 0.25) is 0 Å². The molecule has 0 atom stereocenters. The minimum Gasteiger partial charge on any atom is -0.378 e. The van der Waals surface area contributed by atoms with Gasteiger partial charge in [-0.2, -0.15) is 13.2 Å². The molecule has 1 heterocycles. The number of halogens is 3. The van der Waals surface area contributed by atoms with Gasteiger partial charge in [-0.1, -0.05) is 18.2 Å². The number of carbonyl (C=O) groups is 1. The number of benzene rings is 2. The average Bonchev–Trinajstić information content (AvgIpc) is 2.76. The highest BCUT2D eigenvalue weighted by molar-refractivity contribution is 7.92. The van der Waals surface area contributed by atoms with Gasteiger partial charge in [-0.05, 0) is 35.9 Å². The second kappa shape index (κ2) is 9.78. The van der Waals surface area contributed by atoms with E-state index in [1.807, 2.05) is 24.3 Å². The maximum Gasteiger partial charge on any atom is 0.416 e. The molecule has 0 spiro atoms. The number of sulfonamides is 1. The smallest absolute Gasteiger partial charge is 0.378 e. The zero-order valence-electron chi connectivity index (χ0n) is 17.4. The van der Waals surface area contributed by atoms with Gasteiger partial charge in [-0.3, -0.25) is 9.10 Å². The summed E-state index contributed by atoms with van der Waals surface area (Å²) < 4.78 is 69.2. The molecule has 0 bridgehead atoms. The molecule has 1 aliphatic heterocycles. The quantitative estimate of drug-likeness (QED) is 0.672. The van der Waals surface area contributed by atoms with Gasteiger partial charge in [-0.15, -0.1) is 0 Å². The number of rotatable bonds is 7. The Kier molecular flexibility index (Phi) is 7.29. The third-order valence-electron chi connectivity index (χ3n) is 4.95. The fourth-order valence-electron chi connectivity index (χ4n) is 3.27. The van der Waals surface area contributed by atoms with Crippen LogP contribution in [0.4, 0.5) is 24.5 Å². The Morgan fingerprint density at radius 2 is 1.78 bits per heavy atom. The maximum atomic E-state index is 13.0. The molecular weight excluding hydrogens is 447 g/mol. The molecule has 3 rings (SSSR count). The van der Waals surface area contributed by atoms with Crippen LogP contribution in [0.1, 0.15) is 11.1 Å². The molecule has 0 saturated carbocycles. The van der Waals surface area contributed by atoms with Crippen molar-refractivity contribution in [3.63, 3.8) is 0 Å².